The minimum atomic E-state index is -4.18. The van der Waals surface area contributed by atoms with E-state index in [0.717, 1.165) is 11.1 Å². The van der Waals surface area contributed by atoms with Gasteiger partial charge in [-0.3, -0.25) is 0 Å². The number of hydrogen-bond acceptors (Lipinski definition) is 1. The summed E-state index contributed by atoms with van der Waals surface area (Å²) in [6.45, 7) is 5.04. The molecule has 16 heavy (non-hydrogen) atoms. The summed E-state index contributed by atoms with van der Waals surface area (Å²) in [6.07, 6.45) is -4.18. The zero-order valence-corrected chi connectivity index (χ0v) is 9.65. The Hall–Kier alpha value is -1.19. The molecule has 0 aliphatic carbocycles. The average molecular weight is 231 g/mol. The third kappa shape index (κ3) is 3.76. The maximum Gasteiger partial charge on any atom is 0.405 e. The van der Waals surface area contributed by atoms with Crippen LogP contribution in [0.15, 0.2) is 18.2 Å². The Morgan fingerprint density at radius 1 is 1.25 bits per heavy atom. The van der Waals surface area contributed by atoms with E-state index in [0.29, 0.717) is 11.6 Å². The molecule has 1 aromatic rings. The van der Waals surface area contributed by atoms with Gasteiger partial charge in [0.05, 0.1) is 0 Å². The van der Waals surface area contributed by atoms with Crippen molar-refractivity contribution in [3.8, 4) is 0 Å². The highest BCUT2D eigenvalue weighted by Gasteiger charge is 2.26. The zero-order chi connectivity index (χ0) is 12.3. The van der Waals surface area contributed by atoms with Crippen LogP contribution in [0.2, 0.25) is 0 Å². The van der Waals surface area contributed by atoms with E-state index in [-0.39, 0.29) is 0 Å². The fourth-order valence-corrected chi connectivity index (χ4v) is 1.64. The maximum atomic E-state index is 12.0. The van der Waals surface area contributed by atoms with E-state index in [4.69, 9.17) is 0 Å². The highest BCUT2D eigenvalue weighted by Crippen LogP contribution is 2.23. The second kappa shape index (κ2) is 4.76. The fraction of sp³-hybridized carbons (Fsp3) is 0.500. The molecule has 0 spiro atoms. The molecule has 1 rings (SSSR count). The van der Waals surface area contributed by atoms with Crippen molar-refractivity contribution in [2.45, 2.75) is 32.9 Å². The molecule has 0 saturated carbocycles. The molecular weight excluding hydrogens is 215 g/mol. The van der Waals surface area contributed by atoms with Gasteiger partial charge in [-0.05, 0) is 36.1 Å². The van der Waals surface area contributed by atoms with Crippen LogP contribution in [0.1, 0.15) is 30.9 Å². The van der Waals surface area contributed by atoms with Crippen LogP contribution in [0, 0.1) is 6.92 Å². The van der Waals surface area contributed by atoms with Gasteiger partial charge in [0.25, 0.3) is 0 Å². The second-order valence-corrected chi connectivity index (χ2v) is 4.19. The van der Waals surface area contributed by atoms with Crippen molar-refractivity contribution in [1.82, 2.24) is 0 Å². The molecule has 0 saturated heterocycles. The molecule has 0 fully saturated rings. The van der Waals surface area contributed by atoms with Crippen LogP contribution in [0.5, 0.6) is 0 Å². The topological polar surface area (TPSA) is 12.0 Å². The van der Waals surface area contributed by atoms with Gasteiger partial charge < -0.3 is 5.32 Å². The highest BCUT2D eigenvalue weighted by molar-refractivity contribution is 5.49. The Morgan fingerprint density at radius 2 is 1.88 bits per heavy atom. The summed E-state index contributed by atoms with van der Waals surface area (Å²) in [5.74, 6) is 0.386. The number of rotatable bonds is 3. The SMILES string of the molecule is Cc1cc(NCC(F)(F)F)ccc1C(C)C. The summed E-state index contributed by atoms with van der Waals surface area (Å²) in [4.78, 5) is 0. The largest absolute Gasteiger partial charge is 0.405 e. The van der Waals surface area contributed by atoms with Gasteiger partial charge in [-0.15, -0.1) is 0 Å². The lowest BCUT2D eigenvalue weighted by Gasteiger charge is -2.13. The van der Waals surface area contributed by atoms with Gasteiger partial charge in [0, 0.05) is 5.69 Å². The Balaban J connectivity index is 2.74. The summed E-state index contributed by atoms with van der Waals surface area (Å²) < 4.78 is 36.0. The first-order valence-corrected chi connectivity index (χ1v) is 5.21. The predicted molar refractivity (Wildman–Crippen MR) is 59.8 cm³/mol. The first kappa shape index (κ1) is 12.9. The average Bonchev–Trinajstić information content (AvgIpc) is 2.13. The van der Waals surface area contributed by atoms with E-state index in [1.54, 1.807) is 12.1 Å². The van der Waals surface area contributed by atoms with Gasteiger partial charge in [-0.1, -0.05) is 19.9 Å². The molecule has 0 bridgehead atoms. The first-order chi connectivity index (χ1) is 7.29. The number of halogens is 3. The first-order valence-electron chi connectivity index (χ1n) is 5.21. The van der Waals surface area contributed by atoms with Gasteiger partial charge in [0.1, 0.15) is 6.54 Å². The summed E-state index contributed by atoms with van der Waals surface area (Å²) in [5.41, 5.74) is 2.69. The van der Waals surface area contributed by atoms with E-state index in [1.165, 1.54) is 0 Å². The molecule has 0 aliphatic rings. The standard InChI is InChI=1S/C12H16F3N/c1-8(2)11-5-4-10(6-9(11)3)16-7-12(13,14)15/h4-6,8,16H,7H2,1-3H3. The summed E-state index contributed by atoms with van der Waals surface area (Å²) in [7, 11) is 0. The van der Waals surface area contributed by atoms with Crippen molar-refractivity contribution < 1.29 is 13.2 Å². The molecule has 1 aromatic carbocycles. The molecule has 0 aliphatic heterocycles. The molecule has 0 unspecified atom stereocenters. The predicted octanol–water partition coefficient (Wildman–Crippen LogP) is 4.09. The third-order valence-electron chi connectivity index (χ3n) is 2.38. The number of aryl methyl sites for hydroxylation is 1. The van der Waals surface area contributed by atoms with Crippen LogP contribution in [-0.2, 0) is 0 Å². The van der Waals surface area contributed by atoms with Crippen LogP contribution in [0.25, 0.3) is 0 Å². The molecule has 1 nitrogen and oxygen atoms in total. The minimum Gasteiger partial charge on any atom is -0.376 e. The number of nitrogens with one attached hydrogen (secondary N) is 1. The second-order valence-electron chi connectivity index (χ2n) is 4.19. The Kier molecular flexibility index (Phi) is 3.83. The van der Waals surface area contributed by atoms with Crippen LogP contribution in [-0.4, -0.2) is 12.7 Å². The van der Waals surface area contributed by atoms with E-state index < -0.39 is 12.7 Å². The lowest BCUT2D eigenvalue weighted by molar-refractivity contribution is -0.115. The van der Waals surface area contributed by atoms with E-state index in [9.17, 15) is 13.2 Å². The molecule has 0 aromatic heterocycles. The van der Waals surface area contributed by atoms with Crippen molar-refractivity contribution in [1.29, 1.82) is 0 Å². The molecule has 0 radical (unpaired) electrons. The molecule has 0 heterocycles. The highest BCUT2D eigenvalue weighted by atomic mass is 19.4. The van der Waals surface area contributed by atoms with Crippen molar-refractivity contribution in [2.75, 3.05) is 11.9 Å². The van der Waals surface area contributed by atoms with Gasteiger partial charge in [0.2, 0.25) is 0 Å². The van der Waals surface area contributed by atoms with E-state index in [1.807, 2.05) is 13.0 Å². The number of hydrogen-bond donors (Lipinski definition) is 1. The van der Waals surface area contributed by atoms with Gasteiger partial charge in [-0.25, -0.2) is 0 Å². The third-order valence-corrected chi connectivity index (χ3v) is 2.38. The van der Waals surface area contributed by atoms with E-state index in [2.05, 4.69) is 19.2 Å². The van der Waals surface area contributed by atoms with Crippen molar-refractivity contribution >= 4 is 5.69 Å². The summed E-state index contributed by atoms with van der Waals surface area (Å²) in [5, 5.41) is 2.37. The van der Waals surface area contributed by atoms with Crippen molar-refractivity contribution in [3.05, 3.63) is 29.3 Å². The molecule has 90 valence electrons. The van der Waals surface area contributed by atoms with Gasteiger partial charge in [0.15, 0.2) is 0 Å². The molecule has 1 N–H and O–H groups in total. The molecule has 4 heteroatoms. The zero-order valence-electron chi connectivity index (χ0n) is 9.65. The Morgan fingerprint density at radius 3 is 2.31 bits per heavy atom. The van der Waals surface area contributed by atoms with Crippen LogP contribution < -0.4 is 5.32 Å². The quantitative estimate of drug-likeness (QED) is 0.826. The van der Waals surface area contributed by atoms with Crippen molar-refractivity contribution in [3.63, 3.8) is 0 Å². The summed E-state index contributed by atoms with van der Waals surface area (Å²) >= 11 is 0. The number of benzene rings is 1. The van der Waals surface area contributed by atoms with Crippen LogP contribution >= 0.6 is 0 Å². The smallest absolute Gasteiger partial charge is 0.376 e. The lowest BCUT2D eigenvalue weighted by Crippen LogP contribution is -2.21. The normalized spacial score (nSPS) is 11.9. The van der Waals surface area contributed by atoms with Crippen LogP contribution in [0.4, 0.5) is 18.9 Å². The fourth-order valence-electron chi connectivity index (χ4n) is 1.64. The monoisotopic (exact) mass is 231 g/mol. The summed E-state index contributed by atoms with van der Waals surface area (Å²) in [6, 6.07) is 5.31. The van der Waals surface area contributed by atoms with Gasteiger partial charge >= 0.3 is 6.18 Å². The van der Waals surface area contributed by atoms with E-state index >= 15 is 0 Å². The lowest BCUT2D eigenvalue weighted by atomic mass is 9.98. The Bertz CT molecular complexity index is 356. The minimum absolute atomic E-state index is 0.386. The van der Waals surface area contributed by atoms with Crippen molar-refractivity contribution in [2.24, 2.45) is 0 Å². The van der Waals surface area contributed by atoms with Gasteiger partial charge in [-0.2, -0.15) is 13.2 Å². The maximum absolute atomic E-state index is 12.0. The molecular formula is C12H16F3N. The Labute approximate surface area is 93.7 Å². The van der Waals surface area contributed by atoms with Crippen LogP contribution in [0.3, 0.4) is 0 Å². The molecule has 0 amide bonds. The number of anilines is 1. The molecule has 0 atom stereocenters. The number of alkyl halides is 3.